The molecule has 0 amide bonds. The summed E-state index contributed by atoms with van der Waals surface area (Å²) in [6, 6.07) is 11.2. The van der Waals surface area contributed by atoms with E-state index in [1.807, 2.05) is 19.1 Å². The summed E-state index contributed by atoms with van der Waals surface area (Å²) < 4.78 is 46.1. The van der Waals surface area contributed by atoms with Gasteiger partial charge in [0.25, 0.3) is 0 Å². The van der Waals surface area contributed by atoms with E-state index in [9.17, 15) is 17.6 Å². The molecule has 0 fully saturated rings. The Morgan fingerprint density at radius 2 is 1.68 bits per heavy atom. The van der Waals surface area contributed by atoms with Crippen LogP contribution in [0.5, 0.6) is 0 Å². The van der Waals surface area contributed by atoms with E-state index >= 15 is 0 Å². The minimum Gasteiger partial charge on any atom is -0.464 e. The molecular formula is C16H14FNO5S2. The monoisotopic (exact) mass is 383 g/mol. The molecule has 0 radical (unpaired) electrons. The Hall–Kier alpha value is -2.39. The Morgan fingerprint density at radius 3 is 2.24 bits per heavy atom. The van der Waals surface area contributed by atoms with Crippen LogP contribution in [0.1, 0.15) is 5.56 Å². The molecule has 0 aromatic heterocycles. The van der Waals surface area contributed by atoms with Gasteiger partial charge in [-0.3, -0.25) is 4.28 Å². The van der Waals surface area contributed by atoms with Gasteiger partial charge in [-0.2, -0.15) is 8.42 Å². The quantitative estimate of drug-likeness (QED) is 0.265. The molecule has 9 heteroatoms. The topological polar surface area (TPSA) is 82.0 Å². The molecule has 2 aromatic carbocycles. The number of oxime groups is 1. The predicted molar refractivity (Wildman–Crippen MR) is 91.2 cm³/mol. The van der Waals surface area contributed by atoms with Crippen molar-refractivity contribution in [1.82, 2.24) is 0 Å². The van der Waals surface area contributed by atoms with E-state index in [4.69, 9.17) is 0 Å². The van der Waals surface area contributed by atoms with Gasteiger partial charge in [0, 0.05) is 4.90 Å². The van der Waals surface area contributed by atoms with Crippen LogP contribution in [0.3, 0.4) is 0 Å². The highest BCUT2D eigenvalue weighted by molar-refractivity contribution is 8.15. The van der Waals surface area contributed by atoms with E-state index in [0.717, 1.165) is 48.7 Å². The van der Waals surface area contributed by atoms with Crippen molar-refractivity contribution in [2.24, 2.45) is 5.16 Å². The smallest absolute Gasteiger partial charge is 0.367 e. The zero-order valence-electron chi connectivity index (χ0n) is 13.3. The number of halogens is 1. The maximum absolute atomic E-state index is 12.9. The Balaban J connectivity index is 2.23. The van der Waals surface area contributed by atoms with Gasteiger partial charge in [-0.05, 0) is 43.3 Å². The number of thioether (sulfide) groups is 1. The summed E-state index contributed by atoms with van der Waals surface area (Å²) >= 11 is 0.894. The fraction of sp³-hybridized carbons (Fsp3) is 0.125. The van der Waals surface area contributed by atoms with Crippen molar-refractivity contribution in [1.29, 1.82) is 0 Å². The number of benzene rings is 2. The number of carbonyl (C=O) groups is 1. The van der Waals surface area contributed by atoms with Gasteiger partial charge in [0.2, 0.25) is 5.04 Å². The van der Waals surface area contributed by atoms with Crippen LogP contribution >= 0.6 is 11.8 Å². The van der Waals surface area contributed by atoms with Crippen LogP contribution in [0, 0.1) is 12.7 Å². The lowest BCUT2D eigenvalue weighted by Gasteiger charge is -2.05. The lowest BCUT2D eigenvalue weighted by Crippen LogP contribution is -2.14. The van der Waals surface area contributed by atoms with Gasteiger partial charge in [0.1, 0.15) is 10.7 Å². The Morgan fingerprint density at radius 1 is 1.08 bits per heavy atom. The number of rotatable bonds is 4. The van der Waals surface area contributed by atoms with Gasteiger partial charge in [-0.1, -0.05) is 34.6 Å². The highest BCUT2D eigenvalue weighted by Gasteiger charge is 2.20. The second-order valence-electron chi connectivity index (χ2n) is 4.79. The average molecular weight is 383 g/mol. The molecule has 2 rings (SSSR count). The summed E-state index contributed by atoms with van der Waals surface area (Å²) in [6.45, 7) is 1.90. The molecule has 2 aromatic rings. The third-order valence-electron chi connectivity index (χ3n) is 2.92. The summed E-state index contributed by atoms with van der Waals surface area (Å²) in [5.74, 6) is -1.44. The first-order valence-electron chi connectivity index (χ1n) is 6.92. The number of aryl methyl sites for hydroxylation is 1. The van der Waals surface area contributed by atoms with Crippen LogP contribution < -0.4 is 0 Å². The fourth-order valence-corrected chi connectivity index (χ4v) is 3.14. The highest BCUT2D eigenvalue weighted by atomic mass is 32.2. The Kier molecular flexibility index (Phi) is 6.16. The van der Waals surface area contributed by atoms with E-state index in [1.54, 1.807) is 12.1 Å². The second kappa shape index (κ2) is 8.13. The lowest BCUT2D eigenvalue weighted by atomic mass is 10.2. The Labute approximate surface area is 148 Å². The molecule has 0 aliphatic carbocycles. The summed E-state index contributed by atoms with van der Waals surface area (Å²) in [7, 11) is -3.15. The molecule has 25 heavy (non-hydrogen) atoms. The third kappa shape index (κ3) is 5.30. The van der Waals surface area contributed by atoms with E-state index in [0.29, 0.717) is 4.90 Å². The van der Waals surface area contributed by atoms with Gasteiger partial charge in [-0.15, -0.1) is 0 Å². The number of hydrogen-bond acceptors (Lipinski definition) is 7. The number of nitrogens with zero attached hydrogens (tertiary/aromatic N) is 1. The van der Waals surface area contributed by atoms with Crippen molar-refractivity contribution in [3.63, 3.8) is 0 Å². The SMILES string of the molecule is COC(=O)/C(=N/OS(=O)(=O)c1ccc(F)cc1)Sc1ccc(C)cc1. The van der Waals surface area contributed by atoms with Crippen molar-refractivity contribution < 1.29 is 26.6 Å². The molecule has 0 spiro atoms. The number of carbonyl (C=O) groups excluding carboxylic acids is 1. The standard InChI is InChI=1S/C16H14FNO5S2/c1-11-3-7-13(8-4-11)24-15(16(19)22-2)18-23-25(20,21)14-9-5-12(17)6-10-14/h3-10H,1-2H3/b18-15-. The van der Waals surface area contributed by atoms with Crippen LogP contribution in [-0.2, 0) is 23.9 Å². The molecule has 0 N–H and O–H groups in total. The first-order chi connectivity index (χ1) is 11.8. The van der Waals surface area contributed by atoms with E-state index < -0.39 is 21.9 Å². The predicted octanol–water partition coefficient (Wildman–Crippen LogP) is 3.12. The maximum Gasteiger partial charge on any atom is 0.367 e. The first kappa shape index (κ1) is 18.9. The fourth-order valence-electron chi connectivity index (χ4n) is 1.63. The number of hydrogen-bond donors (Lipinski definition) is 0. The van der Waals surface area contributed by atoms with Crippen LogP contribution in [0.15, 0.2) is 63.5 Å². The summed E-state index contributed by atoms with van der Waals surface area (Å²) in [5.41, 5.74) is 1.02. The average Bonchev–Trinajstić information content (AvgIpc) is 2.60. The van der Waals surface area contributed by atoms with Gasteiger partial charge in [-0.25, -0.2) is 9.18 Å². The first-order valence-corrected chi connectivity index (χ1v) is 9.14. The summed E-state index contributed by atoms with van der Waals surface area (Å²) in [5, 5.41) is 3.11. The molecule has 0 aliphatic rings. The number of methoxy groups -OCH3 is 1. The molecule has 0 heterocycles. The van der Waals surface area contributed by atoms with Crippen LogP contribution in [-0.4, -0.2) is 26.5 Å². The molecular weight excluding hydrogens is 369 g/mol. The summed E-state index contributed by atoms with van der Waals surface area (Å²) in [4.78, 5) is 12.1. The van der Waals surface area contributed by atoms with Crippen molar-refractivity contribution in [2.45, 2.75) is 16.7 Å². The molecule has 0 unspecified atom stereocenters. The molecule has 6 nitrogen and oxygen atoms in total. The minimum atomic E-state index is -4.29. The lowest BCUT2D eigenvalue weighted by molar-refractivity contribution is -0.132. The van der Waals surface area contributed by atoms with Crippen molar-refractivity contribution >= 4 is 32.9 Å². The van der Waals surface area contributed by atoms with Gasteiger partial charge >= 0.3 is 16.1 Å². The zero-order valence-corrected chi connectivity index (χ0v) is 14.9. The van der Waals surface area contributed by atoms with Crippen LogP contribution in [0.4, 0.5) is 4.39 Å². The van der Waals surface area contributed by atoms with Crippen molar-refractivity contribution in [3.05, 3.63) is 59.9 Å². The van der Waals surface area contributed by atoms with Crippen LogP contribution in [0.2, 0.25) is 0 Å². The molecule has 0 atom stereocenters. The number of esters is 1. The van der Waals surface area contributed by atoms with Crippen molar-refractivity contribution in [2.75, 3.05) is 7.11 Å². The van der Waals surface area contributed by atoms with Gasteiger partial charge in [0.15, 0.2) is 0 Å². The van der Waals surface area contributed by atoms with Gasteiger partial charge in [0.05, 0.1) is 7.11 Å². The second-order valence-corrected chi connectivity index (χ2v) is 7.38. The zero-order chi connectivity index (χ0) is 18.4. The molecule has 0 saturated carbocycles. The molecule has 0 aliphatic heterocycles. The van der Waals surface area contributed by atoms with Crippen molar-refractivity contribution in [3.8, 4) is 0 Å². The molecule has 132 valence electrons. The Bertz CT molecular complexity index is 878. The normalized spacial score (nSPS) is 11.9. The van der Waals surface area contributed by atoms with E-state index in [-0.39, 0.29) is 9.94 Å². The van der Waals surface area contributed by atoms with Gasteiger partial charge < -0.3 is 4.74 Å². The molecule has 0 bridgehead atoms. The third-order valence-corrected chi connectivity index (χ3v) is 4.98. The maximum atomic E-state index is 12.9. The van der Waals surface area contributed by atoms with E-state index in [2.05, 4.69) is 14.2 Å². The largest absolute Gasteiger partial charge is 0.464 e. The highest BCUT2D eigenvalue weighted by Crippen LogP contribution is 2.22. The van der Waals surface area contributed by atoms with Crippen LogP contribution in [0.25, 0.3) is 0 Å². The van der Waals surface area contributed by atoms with E-state index in [1.165, 1.54) is 0 Å². The molecule has 0 saturated heterocycles. The number of ether oxygens (including phenoxy) is 1. The minimum absolute atomic E-state index is 0.290. The summed E-state index contributed by atoms with van der Waals surface area (Å²) in [6.07, 6.45) is 0.